The maximum Gasteiger partial charge on any atom is 0.212 e. The number of Topliss-reactive ketones (excluding diaryl/α,β-unsaturated/α-hetero) is 1. The smallest absolute Gasteiger partial charge is 0.212 e. The number of hydrogen-bond donors (Lipinski definition) is 0. The molecule has 0 spiro atoms. The first-order valence-electron chi connectivity index (χ1n) is 16.5. The average molecular weight is 635 g/mol. The first kappa shape index (κ1) is 33.6. The highest BCUT2D eigenvalue weighted by Crippen LogP contribution is 2.25. The molecule has 0 unspecified atom stereocenters. The molecule has 0 saturated heterocycles. The van der Waals surface area contributed by atoms with E-state index in [1.807, 2.05) is 60.7 Å². The molecule has 236 valence electrons. The van der Waals surface area contributed by atoms with E-state index in [1.54, 1.807) is 7.11 Å². The average Bonchev–Trinajstić information content (AvgIpc) is 3.16. The van der Waals surface area contributed by atoms with Crippen LogP contribution in [0.15, 0.2) is 186 Å². The van der Waals surface area contributed by atoms with Crippen LogP contribution in [0.4, 0.5) is 0 Å². The number of ether oxygens (including phenoxy) is 1. The molecule has 47 heavy (non-hydrogen) atoms. The molecule has 6 aromatic rings. The van der Waals surface area contributed by atoms with Gasteiger partial charge in [-0.3, -0.25) is 4.79 Å². The molecule has 0 heterocycles. The molecular weight excluding hydrogens is 591 g/mol. The molecule has 6 rings (SSSR count). The summed E-state index contributed by atoms with van der Waals surface area (Å²) >= 11 is 0. The van der Waals surface area contributed by atoms with Crippen LogP contribution in [0.2, 0.25) is 6.32 Å². The lowest BCUT2D eigenvalue weighted by molar-refractivity contribution is 0.102. The third-order valence-corrected chi connectivity index (χ3v) is 11.1. The van der Waals surface area contributed by atoms with Crippen molar-refractivity contribution in [1.82, 2.24) is 0 Å². The van der Waals surface area contributed by atoms with Gasteiger partial charge < -0.3 is 4.74 Å². The summed E-state index contributed by atoms with van der Waals surface area (Å²) in [5.41, 5.74) is 5.05. The van der Waals surface area contributed by atoms with Crippen molar-refractivity contribution in [2.24, 2.45) is 0 Å². The van der Waals surface area contributed by atoms with E-state index >= 15 is 0 Å². The number of benzene rings is 6. The summed E-state index contributed by atoms with van der Waals surface area (Å²) in [5.74, 6) is 1.38. The lowest BCUT2D eigenvalue weighted by Crippen LogP contribution is -2.66. The van der Waals surface area contributed by atoms with Crippen molar-refractivity contribution in [2.45, 2.75) is 35.9 Å². The van der Waals surface area contributed by atoms with E-state index in [0.717, 1.165) is 11.3 Å². The molecule has 0 aliphatic carbocycles. The van der Waals surface area contributed by atoms with Crippen LogP contribution in [0.25, 0.3) is 0 Å². The van der Waals surface area contributed by atoms with E-state index < -0.39 is 6.15 Å². The van der Waals surface area contributed by atoms with Gasteiger partial charge in [0.25, 0.3) is 0 Å². The quantitative estimate of drug-likeness (QED) is 0.0766. The summed E-state index contributed by atoms with van der Waals surface area (Å²) < 4.78 is 5.16. The van der Waals surface area contributed by atoms with Gasteiger partial charge in [0.1, 0.15) is 5.75 Å². The van der Waals surface area contributed by atoms with Crippen molar-refractivity contribution in [1.29, 1.82) is 0 Å². The molecule has 0 N–H and O–H groups in total. The number of rotatable bonds is 12. The van der Waals surface area contributed by atoms with E-state index in [4.69, 9.17) is 4.74 Å². The highest BCUT2D eigenvalue weighted by molar-refractivity contribution is 7.97. The van der Waals surface area contributed by atoms with Gasteiger partial charge in [0.2, 0.25) is 5.78 Å². The molecule has 0 aromatic heterocycles. The van der Waals surface area contributed by atoms with Crippen LogP contribution in [0.1, 0.15) is 30.1 Å². The van der Waals surface area contributed by atoms with Crippen LogP contribution in [0.5, 0.6) is 5.75 Å². The number of ketones is 1. The Balaban J connectivity index is 0.000000185. The van der Waals surface area contributed by atoms with Gasteiger partial charge in [0.15, 0.2) is 15.5 Å². The second-order valence-electron chi connectivity index (χ2n) is 11.7. The van der Waals surface area contributed by atoms with Gasteiger partial charge in [-0.05, 0) is 48.5 Å². The van der Waals surface area contributed by atoms with Crippen molar-refractivity contribution in [3.63, 3.8) is 0 Å². The zero-order valence-electron chi connectivity index (χ0n) is 27.4. The zero-order chi connectivity index (χ0) is 32.7. The van der Waals surface area contributed by atoms with Gasteiger partial charge in [0.05, 0.1) is 24.2 Å². The summed E-state index contributed by atoms with van der Waals surface area (Å²) in [5, 5.41) is 0. The Morgan fingerprint density at radius 2 is 0.936 bits per heavy atom. The predicted molar refractivity (Wildman–Crippen MR) is 203 cm³/mol. The van der Waals surface area contributed by atoms with Crippen LogP contribution in [0, 0.1) is 0 Å². The first-order chi connectivity index (χ1) is 23.2. The molecule has 0 aliphatic rings. The van der Waals surface area contributed by atoms with Crippen molar-refractivity contribution in [2.75, 3.05) is 12.9 Å². The first-order valence-corrected chi connectivity index (χ1v) is 17.9. The van der Waals surface area contributed by atoms with E-state index in [0.29, 0.717) is 5.75 Å². The zero-order valence-corrected chi connectivity index (χ0v) is 28.2. The monoisotopic (exact) mass is 634 g/mol. The summed E-state index contributed by atoms with van der Waals surface area (Å²) in [6.07, 6.45) is 2.73. The van der Waals surface area contributed by atoms with Gasteiger partial charge in [-0.2, -0.15) is 22.7 Å². The van der Waals surface area contributed by atoms with Crippen molar-refractivity contribution in [3.05, 3.63) is 181 Å². The highest BCUT2D eigenvalue weighted by Gasteiger charge is 2.30. The summed E-state index contributed by atoms with van der Waals surface area (Å²) in [6, 6.07) is 61.0. The summed E-state index contributed by atoms with van der Waals surface area (Å²) in [6.45, 7) is 2.28. The van der Waals surface area contributed by atoms with Crippen molar-refractivity contribution in [3.8, 4) is 5.75 Å². The van der Waals surface area contributed by atoms with E-state index in [9.17, 15) is 4.79 Å². The Hall–Kier alpha value is -4.80. The second-order valence-corrected chi connectivity index (χ2v) is 13.7. The SMILES string of the molecule is CCCC[B-](c1ccccc1)(c1ccccc1)c1ccccc1.COc1ccc(C(=O)C[S+](c2ccccc2)c2ccccc2)cc1. The minimum atomic E-state index is -0.913. The molecule has 0 aliphatic heterocycles. The lowest BCUT2D eigenvalue weighted by Gasteiger charge is -2.43. The van der Waals surface area contributed by atoms with Gasteiger partial charge in [-0.25, -0.2) is 0 Å². The maximum atomic E-state index is 12.8. The fraction of sp³-hybridized carbons (Fsp3) is 0.140. The van der Waals surface area contributed by atoms with E-state index in [1.165, 1.54) is 45.3 Å². The lowest BCUT2D eigenvalue weighted by atomic mass is 9.14. The molecule has 0 amide bonds. The third-order valence-electron chi connectivity index (χ3n) is 8.84. The van der Waals surface area contributed by atoms with Gasteiger partial charge in [-0.15, -0.1) is 0 Å². The number of unbranched alkanes of at least 4 members (excludes halogenated alkanes) is 1. The standard InChI is InChI=1S/C22H24B.C21H19O2S/c1-2-3-19-23(20-13-7-4-8-14-20,21-15-9-5-10-16-21)22-17-11-6-12-18-22;1-23-18-14-12-17(13-15-18)21(22)16-24(19-8-4-2-5-9-19)20-10-6-3-7-11-20/h4-18H,2-3,19H2,1H3;2-15H,16H2,1H3/q-1;+1. The topological polar surface area (TPSA) is 26.3 Å². The van der Waals surface area contributed by atoms with Crippen LogP contribution >= 0.6 is 0 Å². The molecule has 2 nitrogen and oxygen atoms in total. The summed E-state index contributed by atoms with van der Waals surface area (Å²) in [4.78, 5) is 15.1. The second kappa shape index (κ2) is 17.2. The van der Waals surface area contributed by atoms with Crippen molar-refractivity contribution < 1.29 is 9.53 Å². The minimum Gasteiger partial charge on any atom is -0.497 e. The number of carbonyl (C=O) groups is 1. The van der Waals surface area contributed by atoms with Gasteiger partial charge >= 0.3 is 0 Å². The van der Waals surface area contributed by atoms with E-state index in [2.05, 4.69) is 122 Å². The predicted octanol–water partition coefficient (Wildman–Crippen LogP) is 8.57. The normalized spacial score (nSPS) is 11.0. The molecular formula is C43H43BO2S. The Morgan fingerprint density at radius 3 is 1.30 bits per heavy atom. The molecule has 0 bridgehead atoms. The number of carbonyl (C=O) groups excluding carboxylic acids is 1. The van der Waals surface area contributed by atoms with Gasteiger partial charge in [0, 0.05) is 5.56 Å². The van der Waals surface area contributed by atoms with Crippen LogP contribution in [-0.4, -0.2) is 24.8 Å². The van der Waals surface area contributed by atoms with Crippen LogP contribution in [0.3, 0.4) is 0 Å². The van der Waals surface area contributed by atoms with Crippen LogP contribution in [-0.2, 0) is 10.9 Å². The van der Waals surface area contributed by atoms with Crippen LogP contribution < -0.4 is 21.1 Å². The molecule has 0 saturated carbocycles. The maximum absolute atomic E-state index is 12.8. The molecule has 0 radical (unpaired) electrons. The van der Waals surface area contributed by atoms with E-state index in [-0.39, 0.29) is 16.7 Å². The molecule has 0 fully saturated rings. The minimum absolute atomic E-state index is 0.147. The fourth-order valence-electron chi connectivity index (χ4n) is 6.40. The Morgan fingerprint density at radius 1 is 0.553 bits per heavy atom. The molecule has 0 atom stereocenters. The highest BCUT2D eigenvalue weighted by atomic mass is 32.2. The Bertz CT molecular complexity index is 1630. The van der Waals surface area contributed by atoms with Gasteiger partial charge in [-0.1, -0.05) is 147 Å². The number of methoxy groups -OCH3 is 1. The Kier molecular flexibility index (Phi) is 12.3. The largest absolute Gasteiger partial charge is 0.497 e. The Labute approximate surface area is 283 Å². The van der Waals surface area contributed by atoms with Crippen molar-refractivity contribution >= 4 is 39.2 Å². The molecule has 6 aromatic carbocycles. The third kappa shape index (κ3) is 8.52. The molecule has 4 heteroatoms. The number of hydrogen-bond acceptors (Lipinski definition) is 2. The fourth-order valence-corrected chi connectivity index (χ4v) is 8.40. The summed E-state index contributed by atoms with van der Waals surface area (Å²) in [7, 11) is 1.35.